The Morgan fingerprint density at radius 1 is 1.17 bits per heavy atom. The normalized spacial score (nSPS) is 18.0. The number of fused-ring (bicyclic) bond motifs is 1. The predicted molar refractivity (Wildman–Crippen MR) is 93.3 cm³/mol. The van der Waals surface area contributed by atoms with E-state index in [0.29, 0.717) is 29.6 Å². The fourth-order valence-corrected chi connectivity index (χ4v) is 4.47. The number of amides is 1. The van der Waals surface area contributed by atoms with E-state index in [0.717, 1.165) is 43.4 Å². The van der Waals surface area contributed by atoms with Gasteiger partial charge in [0.25, 0.3) is 5.91 Å². The lowest BCUT2D eigenvalue weighted by Gasteiger charge is -2.34. The van der Waals surface area contributed by atoms with Crippen LogP contribution < -0.4 is 9.47 Å². The lowest BCUT2D eigenvalue weighted by atomic mass is 10.2. The Morgan fingerprint density at radius 2 is 1.96 bits per heavy atom. The molecule has 6 nitrogen and oxygen atoms in total. The van der Waals surface area contributed by atoms with Crippen molar-refractivity contribution in [2.45, 2.75) is 13.5 Å². The van der Waals surface area contributed by atoms with Crippen molar-refractivity contribution in [3.8, 4) is 11.5 Å². The highest BCUT2D eigenvalue weighted by molar-refractivity contribution is 7.12. The van der Waals surface area contributed by atoms with Crippen LogP contribution in [0.3, 0.4) is 0 Å². The number of piperazine rings is 1. The van der Waals surface area contributed by atoms with Gasteiger partial charge in [0.1, 0.15) is 18.1 Å². The average Bonchev–Trinajstić information content (AvgIpc) is 3.21. The van der Waals surface area contributed by atoms with E-state index in [-0.39, 0.29) is 5.91 Å². The van der Waals surface area contributed by atoms with Crippen molar-refractivity contribution in [3.63, 3.8) is 0 Å². The van der Waals surface area contributed by atoms with Gasteiger partial charge in [0.15, 0.2) is 11.5 Å². The van der Waals surface area contributed by atoms with E-state index in [1.54, 1.807) is 11.3 Å². The summed E-state index contributed by atoms with van der Waals surface area (Å²) in [5.41, 5.74) is 1.12. The number of hydrogen-bond acceptors (Lipinski definition) is 7. The maximum Gasteiger partial charge on any atom is 0.267 e. The molecule has 1 amide bonds. The van der Waals surface area contributed by atoms with Gasteiger partial charge in [0.05, 0.1) is 10.7 Å². The third-order valence-corrected chi connectivity index (χ3v) is 5.96. The van der Waals surface area contributed by atoms with Gasteiger partial charge >= 0.3 is 0 Å². The minimum atomic E-state index is 0.0518. The number of nitrogens with zero attached hydrogens (tertiary/aromatic N) is 3. The lowest BCUT2D eigenvalue weighted by Crippen LogP contribution is -2.48. The highest BCUT2D eigenvalue weighted by atomic mass is 32.1. The van der Waals surface area contributed by atoms with Gasteiger partial charge in [-0.2, -0.15) is 0 Å². The van der Waals surface area contributed by atoms with Crippen molar-refractivity contribution in [2.24, 2.45) is 0 Å². The van der Waals surface area contributed by atoms with Gasteiger partial charge in [-0.3, -0.25) is 9.69 Å². The maximum absolute atomic E-state index is 12.8. The molecule has 128 valence electrons. The van der Waals surface area contributed by atoms with Crippen LogP contribution in [0.1, 0.15) is 20.4 Å². The molecule has 0 unspecified atom stereocenters. The van der Waals surface area contributed by atoms with Crippen molar-refractivity contribution in [3.05, 3.63) is 26.3 Å². The zero-order valence-corrected chi connectivity index (χ0v) is 15.1. The molecule has 2 aliphatic rings. The number of thiazole rings is 1. The molecule has 1 fully saturated rings. The first-order valence-electron chi connectivity index (χ1n) is 8.00. The largest absolute Gasteiger partial charge is 0.485 e. The van der Waals surface area contributed by atoms with Crippen LogP contribution in [0.25, 0.3) is 0 Å². The van der Waals surface area contributed by atoms with Gasteiger partial charge < -0.3 is 14.4 Å². The molecular formula is C16H19N3O3S2. The minimum Gasteiger partial charge on any atom is -0.485 e. The highest BCUT2D eigenvalue weighted by Crippen LogP contribution is 2.40. The molecule has 0 bridgehead atoms. The van der Waals surface area contributed by atoms with Crippen molar-refractivity contribution in [1.82, 2.24) is 14.8 Å². The number of ether oxygens (including phenoxy) is 2. The maximum atomic E-state index is 12.8. The van der Waals surface area contributed by atoms with Gasteiger partial charge in [-0.05, 0) is 6.92 Å². The smallest absolute Gasteiger partial charge is 0.267 e. The van der Waals surface area contributed by atoms with Crippen molar-refractivity contribution >= 4 is 28.6 Å². The first-order valence-corrected chi connectivity index (χ1v) is 9.76. The third kappa shape index (κ3) is 3.13. The standard InChI is InChI=1S/C16H19N3O3S2/c1-11-17-12(9-23-11)8-18-2-4-19(5-3-18)16(20)15-14-13(10-24-15)21-6-7-22-14/h9-10H,2-8H2,1H3. The summed E-state index contributed by atoms with van der Waals surface area (Å²) in [6.45, 7) is 7.14. The van der Waals surface area contributed by atoms with E-state index < -0.39 is 0 Å². The lowest BCUT2D eigenvalue weighted by molar-refractivity contribution is 0.0624. The third-order valence-electron chi connectivity index (χ3n) is 4.21. The molecule has 2 aromatic rings. The molecule has 2 aliphatic heterocycles. The van der Waals surface area contributed by atoms with Crippen LogP contribution in [0.5, 0.6) is 11.5 Å². The summed E-state index contributed by atoms with van der Waals surface area (Å²) < 4.78 is 11.2. The summed E-state index contributed by atoms with van der Waals surface area (Å²) in [5, 5.41) is 5.08. The summed E-state index contributed by atoms with van der Waals surface area (Å²) in [7, 11) is 0. The molecule has 1 saturated heterocycles. The van der Waals surface area contributed by atoms with Crippen LogP contribution in [0.2, 0.25) is 0 Å². The number of carbonyl (C=O) groups excluding carboxylic acids is 1. The van der Waals surface area contributed by atoms with Gasteiger partial charge in [-0.15, -0.1) is 22.7 Å². The van der Waals surface area contributed by atoms with Crippen molar-refractivity contribution in [2.75, 3.05) is 39.4 Å². The van der Waals surface area contributed by atoms with Crippen LogP contribution in [-0.2, 0) is 6.54 Å². The quantitative estimate of drug-likeness (QED) is 0.835. The minimum absolute atomic E-state index is 0.0518. The number of hydrogen-bond donors (Lipinski definition) is 0. The molecule has 4 rings (SSSR count). The van der Waals surface area contributed by atoms with E-state index in [4.69, 9.17) is 9.47 Å². The summed E-state index contributed by atoms with van der Waals surface area (Å²) in [6.07, 6.45) is 0. The van der Waals surface area contributed by atoms with Gasteiger partial charge in [0, 0.05) is 43.5 Å². The van der Waals surface area contributed by atoms with E-state index in [1.807, 2.05) is 17.2 Å². The zero-order chi connectivity index (χ0) is 16.5. The number of carbonyl (C=O) groups is 1. The molecule has 0 aliphatic carbocycles. The van der Waals surface area contributed by atoms with E-state index >= 15 is 0 Å². The number of aromatic nitrogens is 1. The molecule has 8 heteroatoms. The van der Waals surface area contributed by atoms with Crippen LogP contribution in [0, 0.1) is 6.92 Å². The first-order chi connectivity index (χ1) is 11.7. The summed E-state index contributed by atoms with van der Waals surface area (Å²) >= 11 is 3.09. The monoisotopic (exact) mass is 365 g/mol. The Labute approximate surface area is 148 Å². The number of rotatable bonds is 3. The van der Waals surface area contributed by atoms with Crippen LogP contribution in [0.4, 0.5) is 0 Å². The van der Waals surface area contributed by atoms with Crippen LogP contribution in [-0.4, -0.2) is 60.1 Å². The van der Waals surface area contributed by atoms with Crippen LogP contribution >= 0.6 is 22.7 Å². The SMILES string of the molecule is Cc1nc(CN2CCN(C(=O)c3scc4c3OCCO4)CC2)cs1. The van der Waals surface area contributed by atoms with Crippen molar-refractivity contribution in [1.29, 1.82) is 0 Å². The number of aryl methyl sites for hydroxylation is 1. The molecule has 4 heterocycles. The summed E-state index contributed by atoms with van der Waals surface area (Å²) in [6, 6.07) is 0. The predicted octanol–water partition coefficient (Wildman–Crippen LogP) is 2.24. The number of thiophene rings is 1. The van der Waals surface area contributed by atoms with Gasteiger partial charge in [-0.1, -0.05) is 0 Å². The molecule has 0 N–H and O–H groups in total. The van der Waals surface area contributed by atoms with Gasteiger partial charge in [0.2, 0.25) is 0 Å². The Kier molecular flexibility index (Phi) is 4.43. The Balaban J connectivity index is 1.37. The average molecular weight is 365 g/mol. The zero-order valence-electron chi connectivity index (χ0n) is 13.5. The molecule has 0 spiro atoms. The summed E-state index contributed by atoms with van der Waals surface area (Å²) in [4.78, 5) is 22.2. The van der Waals surface area contributed by atoms with Crippen LogP contribution in [0.15, 0.2) is 10.8 Å². The Hall–Kier alpha value is -1.64. The molecule has 2 aromatic heterocycles. The Bertz CT molecular complexity index is 735. The molecule has 0 atom stereocenters. The topological polar surface area (TPSA) is 54.9 Å². The summed E-state index contributed by atoms with van der Waals surface area (Å²) in [5.74, 6) is 1.37. The molecular weight excluding hydrogens is 346 g/mol. The second-order valence-electron chi connectivity index (χ2n) is 5.88. The molecule has 0 saturated carbocycles. The van der Waals surface area contributed by atoms with Gasteiger partial charge in [-0.25, -0.2) is 4.98 Å². The second kappa shape index (κ2) is 6.70. The molecule has 24 heavy (non-hydrogen) atoms. The second-order valence-corrected chi connectivity index (χ2v) is 7.82. The molecule has 0 aromatic carbocycles. The van der Waals surface area contributed by atoms with E-state index in [2.05, 4.69) is 15.3 Å². The highest BCUT2D eigenvalue weighted by Gasteiger charge is 2.29. The fraction of sp³-hybridized carbons (Fsp3) is 0.500. The van der Waals surface area contributed by atoms with E-state index in [1.165, 1.54) is 11.3 Å². The van der Waals surface area contributed by atoms with E-state index in [9.17, 15) is 4.79 Å². The Morgan fingerprint density at radius 3 is 2.71 bits per heavy atom. The first kappa shape index (κ1) is 15.9. The molecule has 0 radical (unpaired) electrons. The fourth-order valence-electron chi connectivity index (χ4n) is 2.97. The van der Waals surface area contributed by atoms with Crippen molar-refractivity contribution < 1.29 is 14.3 Å².